The fourth-order valence-electron chi connectivity index (χ4n) is 2.85. The van der Waals surface area contributed by atoms with E-state index in [4.69, 9.17) is 0 Å². The van der Waals surface area contributed by atoms with Gasteiger partial charge in [-0.15, -0.1) is 0 Å². The van der Waals surface area contributed by atoms with E-state index in [1.54, 1.807) is 0 Å². The minimum atomic E-state index is -0.0549. The third-order valence-corrected chi connectivity index (χ3v) is 4.03. The molecule has 3 rings (SSSR count). The zero-order valence-electron chi connectivity index (χ0n) is 12.7. The quantitative estimate of drug-likeness (QED) is 0.706. The van der Waals surface area contributed by atoms with Crippen LogP contribution in [0.2, 0.25) is 0 Å². The highest BCUT2D eigenvalue weighted by molar-refractivity contribution is 5.96. The van der Waals surface area contributed by atoms with Gasteiger partial charge in [-0.1, -0.05) is 0 Å². The van der Waals surface area contributed by atoms with Crippen LogP contribution in [0.3, 0.4) is 0 Å². The van der Waals surface area contributed by atoms with Gasteiger partial charge in [0.25, 0.3) is 0 Å². The molecule has 0 fully saturated rings. The Morgan fingerprint density at radius 3 is 2.67 bits per heavy atom. The molecule has 1 aliphatic carbocycles. The Balaban J connectivity index is 1.81. The van der Waals surface area contributed by atoms with Gasteiger partial charge in [-0.2, -0.15) is 5.43 Å². The highest BCUT2D eigenvalue weighted by Crippen LogP contribution is 2.29. The molecule has 0 aromatic heterocycles. The number of rotatable bonds is 3. The molecule has 1 unspecified atom stereocenters. The van der Waals surface area contributed by atoms with E-state index in [0.29, 0.717) is 12.5 Å². The van der Waals surface area contributed by atoms with Gasteiger partial charge < -0.3 is 15.4 Å². The van der Waals surface area contributed by atoms with Crippen molar-refractivity contribution in [3.63, 3.8) is 0 Å². The summed E-state index contributed by atoms with van der Waals surface area (Å²) in [4.78, 5) is 6.49. The molecule has 6 nitrogen and oxygen atoms in total. The first-order chi connectivity index (χ1) is 10.1. The number of hydrogen-bond acceptors (Lipinski definition) is 3. The van der Waals surface area contributed by atoms with Gasteiger partial charge in [0.1, 0.15) is 5.69 Å². The first kappa shape index (κ1) is 14.3. The van der Waals surface area contributed by atoms with Crippen LogP contribution >= 0.6 is 0 Å². The van der Waals surface area contributed by atoms with Crippen molar-refractivity contribution in [1.82, 2.24) is 10.3 Å². The maximum absolute atomic E-state index is 12.2. The summed E-state index contributed by atoms with van der Waals surface area (Å²) in [5.74, 6) is 0.560. The standard InChI is InChI=1S/C15H23N5O/c1-19(2)8-7-16-15-17-13-9-11-5-3-4-6-12(11)10-14(13)20(21)18-15/h9-10,20H,3-8H2,1-2H3,(H2,16,17,18). The van der Waals surface area contributed by atoms with Crippen molar-refractivity contribution < 1.29 is 5.17 Å². The zero-order chi connectivity index (χ0) is 14.8. The van der Waals surface area contributed by atoms with Crippen molar-refractivity contribution in [1.29, 1.82) is 0 Å². The maximum Gasteiger partial charge on any atom is 0.243 e. The highest BCUT2D eigenvalue weighted by atomic mass is 16.5. The number of likely N-dealkylation sites (N-methyl/N-ethyl adjacent to an activating group) is 1. The topological polar surface area (TPSA) is 67.2 Å². The van der Waals surface area contributed by atoms with Gasteiger partial charge in [0.2, 0.25) is 5.96 Å². The molecule has 1 atom stereocenters. The smallest absolute Gasteiger partial charge is 0.243 e. The lowest BCUT2D eigenvalue weighted by molar-refractivity contribution is -0.816. The Labute approximate surface area is 125 Å². The maximum atomic E-state index is 12.2. The number of nitrogens with zero attached hydrogens (tertiary/aromatic N) is 2. The van der Waals surface area contributed by atoms with Gasteiger partial charge in [-0.3, -0.25) is 0 Å². The second-order valence-electron chi connectivity index (χ2n) is 5.99. The fraction of sp³-hybridized carbons (Fsp3) is 0.533. The number of fused-ring (bicyclic) bond motifs is 2. The second kappa shape index (κ2) is 6.01. The summed E-state index contributed by atoms with van der Waals surface area (Å²) in [5.41, 5.74) is 7.16. The number of nitrogens with one attached hydrogen (secondary N) is 3. The molecule has 0 radical (unpaired) electrons. The summed E-state index contributed by atoms with van der Waals surface area (Å²) in [6, 6.07) is 4.17. The fourth-order valence-corrected chi connectivity index (χ4v) is 2.85. The zero-order valence-corrected chi connectivity index (χ0v) is 12.7. The van der Waals surface area contributed by atoms with Crippen LogP contribution in [-0.4, -0.2) is 38.0 Å². The summed E-state index contributed by atoms with van der Waals surface area (Å²) >= 11 is 0. The molecule has 0 saturated carbocycles. The van der Waals surface area contributed by atoms with Crippen molar-refractivity contribution in [2.75, 3.05) is 32.5 Å². The largest absolute Gasteiger partial charge is 0.603 e. The molecule has 0 spiro atoms. The molecule has 6 heteroatoms. The monoisotopic (exact) mass is 289 g/mol. The first-order valence-electron chi connectivity index (χ1n) is 7.57. The number of hydrogen-bond donors (Lipinski definition) is 3. The molecule has 1 heterocycles. The third-order valence-electron chi connectivity index (χ3n) is 4.03. The number of benzene rings is 1. The van der Waals surface area contributed by atoms with Gasteiger partial charge in [0, 0.05) is 12.6 Å². The van der Waals surface area contributed by atoms with E-state index >= 15 is 0 Å². The number of aryl methyl sites for hydroxylation is 2. The van der Waals surface area contributed by atoms with Crippen LogP contribution in [0.5, 0.6) is 0 Å². The van der Waals surface area contributed by atoms with Gasteiger partial charge in [-0.25, -0.2) is 10.2 Å². The van der Waals surface area contributed by atoms with Gasteiger partial charge in [-0.05, 0) is 57.0 Å². The summed E-state index contributed by atoms with van der Waals surface area (Å²) in [7, 11) is 4.02. The first-order valence-corrected chi connectivity index (χ1v) is 7.57. The minimum absolute atomic E-state index is 0.0549. The lowest BCUT2D eigenvalue weighted by Crippen LogP contribution is -3.11. The van der Waals surface area contributed by atoms with Crippen molar-refractivity contribution in [2.24, 2.45) is 4.99 Å². The molecule has 0 saturated heterocycles. The van der Waals surface area contributed by atoms with Crippen LogP contribution in [0.4, 0.5) is 11.4 Å². The van der Waals surface area contributed by atoms with Crippen LogP contribution in [0.25, 0.3) is 0 Å². The summed E-state index contributed by atoms with van der Waals surface area (Å²) in [6.45, 7) is 1.52. The van der Waals surface area contributed by atoms with Crippen molar-refractivity contribution in [3.05, 3.63) is 28.5 Å². The van der Waals surface area contributed by atoms with Crippen molar-refractivity contribution in [3.8, 4) is 0 Å². The summed E-state index contributed by atoms with van der Waals surface area (Å²) < 4.78 is 0. The Hall–Kier alpha value is -1.63. The Bertz CT molecular complexity index is 555. The average molecular weight is 289 g/mol. The van der Waals surface area contributed by atoms with E-state index in [0.717, 1.165) is 30.8 Å². The average Bonchev–Trinajstić information content (AvgIpc) is 2.45. The SMILES string of the molecule is CN(C)CCN=C1Nc2cc3c(cc2[NH+]([O-])N1)CCCC3. The predicted octanol–water partition coefficient (Wildman–Crippen LogP) is 0.427. The Kier molecular flexibility index (Phi) is 4.10. The van der Waals surface area contributed by atoms with E-state index in [2.05, 4.69) is 26.7 Å². The van der Waals surface area contributed by atoms with E-state index in [-0.39, 0.29) is 5.17 Å². The molecular weight excluding hydrogens is 266 g/mol. The van der Waals surface area contributed by atoms with Crippen LogP contribution in [-0.2, 0) is 12.8 Å². The molecule has 21 heavy (non-hydrogen) atoms. The highest BCUT2D eigenvalue weighted by Gasteiger charge is 2.23. The van der Waals surface area contributed by atoms with Crippen LogP contribution < -0.4 is 15.9 Å². The molecule has 1 aromatic rings. The summed E-state index contributed by atoms with van der Waals surface area (Å²) in [6.07, 6.45) is 4.65. The molecule has 114 valence electrons. The third kappa shape index (κ3) is 3.18. The predicted molar refractivity (Wildman–Crippen MR) is 84.7 cm³/mol. The van der Waals surface area contributed by atoms with E-state index in [1.807, 2.05) is 20.2 Å². The summed E-state index contributed by atoms with van der Waals surface area (Å²) in [5, 5.41) is 15.4. The molecule has 0 bridgehead atoms. The van der Waals surface area contributed by atoms with E-state index in [9.17, 15) is 5.21 Å². The number of anilines is 1. The number of quaternary nitrogens is 1. The minimum Gasteiger partial charge on any atom is -0.603 e. The normalized spacial score (nSPS) is 22.5. The second-order valence-corrected chi connectivity index (χ2v) is 5.99. The molecule has 3 N–H and O–H groups in total. The van der Waals surface area contributed by atoms with Gasteiger partial charge in [0.05, 0.1) is 6.54 Å². The van der Waals surface area contributed by atoms with Crippen molar-refractivity contribution in [2.45, 2.75) is 25.7 Å². The molecular formula is C15H23N5O. The van der Waals surface area contributed by atoms with Gasteiger partial charge in [0.15, 0.2) is 5.69 Å². The Morgan fingerprint density at radius 1 is 1.24 bits per heavy atom. The van der Waals surface area contributed by atoms with Crippen LogP contribution in [0.1, 0.15) is 24.0 Å². The van der Waals surface area contributed by atoms with Crippen LogP contribution in [0, 0.1) is 5.21 Å². The van der Waals surface area contributed by atoms with Gasteiger partial charge >= 0.3 is 0 Å². The Morgan fingerprint density at radius 2 is 1.95 bits per heavy atom. The molecule has 0 amide bonds. The molecule has 1 aromatic carbocycles. The molecule has 2 aliphatic rings. The lowest BCUT2D eigenvalue weighted by atomic mass is 9.90. The number of aliphatic imine (C=N–C) groups is 1. The van der Waals surface area contributed by atoms with Crippen LogP contribution in [0.15, 0.2) is 17.1 Å². The molecule has 1 aliphatic heterocycles. The van der Waals surface area contributed by atoms with E-state index < -0.39 is 0 Å². The number of guanidine groups is 1. The lowest BCUT2D eigenvalue weighted by Gasteiger charge is -2.32. The van der Waals surface area contributed by atoms with Crippen molar-refractivity contribution >= 4 is 17.3 Å². The van der Waals surface area contributed by atoms with E-state index in [1.165, 1.54) is 24.0 Å².